The molecule has 0 aromatic heterocycles. The van der Waals surface area contributed by atoms with Crippen molar-refractivity contribution < 1.29 is 18.7 Å². The molecule has 0 bridgehead atoms. The molecule has 130 valence electrons. The molecule has 2 unspecified atom stereocenters. The second-order valence-electron chi connectivity index (χ2n) is 6.13. The van der Waals surface area contributed by atoms with Crippen LogP contribution in [0.2, 0.25) is 0 Å². The molecule has 2 heterocycles. The highest BCUT2D eigenvalue weighted by molar-refractivity contribution is 5.82. The Kier molecular flexibility index (Phi) is 4.96. The van der Waals surface area contributed by atoms with E-state index in [9.17, 15) is 14.0 Å². The number of ether oxygens (including phenoxy) is 1. The van der Waals surface area contributed by atoms with E-state index < -0.39 is 0 Å². The van der Waals surface area contributed by atoms with Gasteiger partial charge >= 0.3 is 0 Å². The van der Waals surface area contributed by atoms with Crippen LogP contribution in [0.5, 0.6) is 5.75 Å². The smallest absolute Gasteiger partial charge is 0.260 e. The molecule has 2 amide bonds. The first-order valence-corrected chi connectivity index (χ1v) is 8.00. The number of nitrogens with zero attached hydrogens (tertiary/aromatic N) is 1. The predicted molar refractivity (Wildman–Crippen MR) is 84.5 cm³/mol. The molecule has 24 heavy (non-hydrogen) atoms. The topological polar surface area (TPSA) is 82.7 Å². The molecule has 0 radical (unpaired) electrons. The zero-order valence-corrected chi connectivity index (χ0v) is 13.5. The van der Waals surface area contributed by atoms with Crippen molar-refractivity contribution in [3.8, 4) is 5.75 Å². The Balaban J connectivity index is 1.54. The lowest BCUT2D eigenvalue weighted by Crippen LogP contribution is -2.46. The Morgan fingerprint density at radius 1 is 1.46 bits per heavy atom. The lowest BCUT2D eigenvalue weighted by atomic mass is 10.1. The lowest BCUT2D eigenvalue weighted by Gasteiger charge is -2.20. The summed E-state index contributed by atoms with van der Waals surface area (Å²) in [6.45, 7) is 2.86. The van der Waals surface area contributed by atoms with E-state index in [2.05, 4.69) is 16.2 Å². The van der Waals surface area contributed by atoms with Gasteiger partial charge in [-0.05, 0) is 31.5 Å². The van der Waals surface area contributed by atoms with Gasteiger partial charge < -0.3 is 15.0 Å². The summed E-state index contributed by atoms with van der Waals surface area (Å²) >= 11 is 0. The van der Waals surface area contributed by atoms with Gasteiger partial charge in [0.1, 0.15) is 17.6 Å². The number of hydrazine groups is 1. The molecule has 3 N–H and O–H groups in total. The molecule has 3 rings (SSSR count). The summed E-state index contributed by atoms with van der Waals surface area (Å²) in [5, 5.41) is 2.82. The average Bonchev–Trinajstić information content (AvgIpc) is 2.92. The first-order valence-electron chi connectivity index (χ1n) is 8.00. The summed E-state index contributed by atoms with van der Waals surface area (Å²) in [6, 6.07) is 4.19. The Bertz CT molecular complexity index is 640. The van der Waals surface area contributed by atoms with Crippen molar-refractivity contribution in [2.75, 3.05) is 19.7 Å². The van der Waals surface area contributed by atoms with Crippen molar-refractivity contribution in [3.63, 3.8) is 0 Å². The predicted octanol–water partition coefficient (Wildman–Crippen LogP) is -0.0821. The van der Waals surface area contributed by atoms with Gasteiger partial charge in [0.25, 0.3) is 5.91 Å². The van der Waals surface area contributed by atoms with E-state index in [0.717, 1.165) is 6.42 Å². The molecule has 2 aliphatic heterocycles. The summed E-state index contributed by atoms with van der Waals surface area (Å²) in [4.78, 5) is 25.7. The number of carbonyl (C=O) groups is 2. The van der Waals surface area contributed by atoms with E-state index in [1.807, 2.05) is 6.92 Å². The van der Waals surface area contributed by atoms with E-state index in [1.165, 1.54) is 18.2 Å². The van der Waals surface area contributed by atoms with Crippen molar-refractivity contribution in [3.05, 3.63) is 29.6 Å². The second-order valence-corrected chi connectivity index (χ2v) is 6.13. The molecule has 7 nitrogen and oxygen atoms in total. The molecule has 1 aromatic rings. The highest BCUT2D eigenvalue weighted by atomic mass is 19.1. The summed E-state index contributed by atoms with van der Waals surface area (Å²) in [5.74, 6) is -0.132. The Morgan fingerprint density at radius 2 is 2.29 bits per heavy atom. The van der Waals surface area contributed by atoms with Gasteiger partial charge in [-0.3, -0.25) is 15.0 Å². The fourth-order valence-corrected chi connectivity index (χ4v) is 2.86. The number of benzene rings is 1. The molecule has 0 saturated carbocycles. The van der Waals surface area contributed by atoms with Crippen LogP contribution >= 0.6 is 0 Å². The minimum atomic E-state index is -0.367. The number of rotatable bonds is 4. The molecular formula is C16H21FN4O3. The van der Waals surface area contributed by atoms with Crippen molar-refractivity contribution in [1.29, 1.82) is 0 Å². The first-order chi connectivity index (χ1) is 11.5. The van der Waals surface area contributed by atoms with Crippen LogP contribution in [-0.4, -0.2) is 48.5 Å². The summed E-state index contributed by atoms with van der Waals surface area (Å²) in [5.41, 5.74) is 6.55. The van der Waals surface area contributed by atoms with Gasteiger partial charge in [0, 0.05) is 31.2 Å². The molecular weight excluding hydrogens is 315 g/mol. The van der Waals surface area contributed by atoms with Gasteiger partial charge in [-0.2, -0.15) is 0 Å². The van der Waals surface area contributed by atoms with Crippen LogP contribution in [0.15, 0.2) is 18.2 Å². The molecule has 1 saturated heterocycles. The van der Waals surface area contributed by atoms with Crippen LogP contribution in [0.3, 0.4) is 0 Å². The van der Waals surface area contributed by atoms with Gasteiger partial charge in [0.05, 0.1) is 0 Å². The maximum Gasteiger partial charge on any atom is 0.260 e. The van der Waals surface area contributed by atoms with Crippen molar-refractivity contribution in [2.45, 2.75) is 32.0 Å². The maximum atomic E-state index is 13.4. The van der Waals surface area contributed by atoms with Crippen molar-refractivity contribution in [1.82, 2.24) is 21.1 Å². The zero-order chi connectivity index (χ0) is 17.1. The van der Waals surface area contributed by atoms with E-state index in [4.69, 9.17) is 4.74 Å². The van der Waals surface area contributed by atoms with Gasteiger partial charge in [0.15, 0.2) is 6.61 Å². The van der Waals surface area contributed by atoms with Gasteiger partial charge in [-0.15, -0.1) is 0 Å². The third kappa shape index (κ3) is 3.82. The maximum absolute atomic E-state index is 13.4. The largest absolute Gasteiger partial charge is 0.483 e. The summed E-state index contributed by atoms with van der Waals surface area (Å²) < 4.78 is 18.8. The normalized spacial score (nSPS) is 23.4. The van der Waals surface area contributed by atoms with Crippen LogP contribution in [0.25, 0.3) is 0 Å². The van der Waals surface area contributed by atoms with E-state index >= 15 is 0 Å². The monoisotopic (exact) mass is 336 g/mol. The SMILES string of the molecule is CC1CC(C(=O)NCCN2Cc3cc(F)ccc3OCC2=O)NN1. The van der Waals surface area contributed by atoms with E-state index in [1.54, 1.807) is 4.90 Å². The highest BCUT2D eigenvalue weighted by Crippen LogP contribution is 2.24. The Labute approximate surface area is 139 Å². The third-order valence-electron chi connectivity index (χ3n) is 4.18. The first kappa shape index (κ1) is 16.7. The molecule has 8 heteroatoms. The molecule has 1 fully saturated rings. The molecule has 1 aromatic carbocycles. The molecule has 0 aliphatic carbocycles. The number of nitrogens with one attached hydrogen (secondary N) is 3. The van der Waals surface area contributed by atoms with Gasteiger partial charge in [0.2, 0.25) is 5.91 Å². The Morgan fingerprint density at radius 3 is 3.04 bits per heavy atom. The Hall–Kier alpha value is -2.19. The molecule has 2 atom stereocenters. The zero-order valence-electron chi connectivity index (χ0n) is 13.5. The number of hydrogen-bond acceptors (Lipinski definition) is 5. The minimum Gasteiger partial charge on any atom is -0.483 e. The van der Waals surface area contributed by atoms with Crippen LogP contribution in [0, 0.1) is 5.82 Å². The quantitative estimate of drug-likeness (QED) is 0.716. The summed E-state index contributed by atoms with van der Waals surface area (Å²) in [7, 11) is 0. The van der Waals surface area contributed by atoms with E-state index in [0.29, 0.717) is 24.4 Å². The van der Waals surface area contributed by atoms with Crippen LogP contribution in [0.1, 0.15) is 18.9 Å². The molecule has 0 spiro atoms. The number of amides is 2. The second kappa shape index (κ2) is 7.14. The standard InChI is InChI=1S/C16H21FN4O3/c1-10-6-13(20-19-10)16(23)18-4-5-21-8-11-7-12(17)2-3-14(11)24-9-15(21)22/h2-3,7,10,13,19-20H,4-6,8-9H2,1H3,(H,18,23). The van der Waals surface area contributed by atoms with E-state index in [-0.39, 0.29) is 42.9 Å². The average molecular weight is 336 g/mol. The van der Waals surface area contributed by atoms with Crippen molar-refractivity contribution in [2.24, 2.45) is 0 Å². The van der Waals surface area contributed by atoms with Crippen molar-refractivity contribution >= 4 is 11.8 Å². The van der Waals surface area contributed by atoms with Gasteiger partial charge in [-0.25, -0.2) is 9.82 Å². The van der Waals surface area contributed by atoms with Crippen LogP contribution in [0.4, 0.5) is 4.39 Å². The third-order valence-corrected chi connectivity index (χ3v) is 4.18. The minimum absolute atomic E-state index is 0.0851. The molecule has 2 aliphatic rings. The van der Waals surface area contributed by atoms with Crippen LogP contribution in [-0.2, 0) is 16.1 Å². The number of hydrogen-bond donors (Lipinski definition) is 3. The summed E-state index contributed by atoms with van der Waals surface area (Å²) in [6.07, 6.45) is 0.717. The van der Waals surface area contributed by atoms with Gasteiger partial charge in [-0.1, -0.05) is 0 Å². The number of fused-ring (bicyclic) bond motifs is 1. The fourth-order valence-electron chi connectivity index (χ4n) is 2.86. The fraction of sp³-hybridized carbons (Fsp3) is 0.500. The van der Waals surface area contributed by atoms with Crippen LogP contribution < -0.4 is 20.9 Å². The highest BCUT2D eigenvalue weighted by Gasteiger charge is 2.27. The number of halogens is 1. The lowest BCUT2D eigenvalue weighted by molar-refractivity contribution is -0.133. The number of carbonyl (C=O) groups excluding carboxylic acids is 2.